The average Bonchev–Trinajstić information content (AvgIpc) is 2.70. The molecule has 0 aliphatic carbocycles. The summed E-state index contributed by atoms with van der Waals surface area (Å²) in [5, 5.41) is 7.99. The van der Waals surface area contributed by atoms with Gasteiger partial charge in [-0.25, -0.2) is 0 Å². The fourth-order valence-electron chi connectivity index (χ4n) is 2.89. The second kappa shape index (κ2) is 5.15. The fraction of sp³-hybridized carbons (Fsp3) is 0.727. The Hall–Kier alpha value is -0.650. The van der Waals surface area contributed by atoms with Crippen molar-refractivity contribution in [3.05, 3.63) is 10.4 Å². The van der Waals surface area contributed by atoms with Crippen LogP contribution in [-0.2, 0) is 0 Å². The third kappa shape index (κ3) is 2.39. The first-order chi connectivity index (χ1) is 8.74. The Morgan fingerprint density at radius 3 is 2.78 bits per heavy atom. The van der Waals surface area contributed by atoms with E-state index in [1.165, 1.54) is 19.4 Å². The number of hydrogen-bond donors (Lipinski definition) is 0. The van der Waals surface area contributed by atoms with Gasteiger partial charge in [-0.2, -0.15) is 4.98 Å². The first kappa shape index (κ1) is 12.4. The Bertz CT molecular complexity index is 441. The average molecular weight is 288 g/mol. The summed E-state index contributed by atoms with van der Waals surface area (Å²) in [5.74, 6) is 0.672. The van der Waals surface area contributed by atoms with E-state index in [4.69, 9.17) is 23.2 Å². The van der Waals surface area contributed by atoms with Gasteiger partial charge in [0.1, 0.15) is 0 Å². The zero-order chi connectivity index (χ0) is 12.5. The molecule has 18 heavy (non-hydrogen) atoms. The van der Waals surface area contributed by atoms with Crippen LogP contribution in [0.25, 0.3) is 0 Å². The molecule has 7 heteroatoms. The SMILES string of the molecule is Clc1nnc(Cl)c(N2CCCN3CCCC3C2)n1. The lowest BCUT2D eigenvalue weighted by atomic mass is 10.2. The summed E-state index contributed by atoms with van der Waals surface area (Å²) >= 11 is 11.9. The minimum atomic E-state index is 0.155. The van der Waals surface area contributed by atoms with Gasteiger partial charge in [-0.1, -0.05) is 11.6 Å². The third-order valence-electron chi connectivity index (χ3n) is 3.71. The summed E-state index contributed by atoms with van der Waals surface area (Å²) in [6.07, 6.45) is 3.66. The van der Waals surface area contributed by atoms with Gasteiger partial charge in [0.05, 0.1) is 0 Å². The molecule has 2 saturated heterocycles. The van der Waals surface area contributed by atoms with E-state index < -0.39 is 0 Å². The molecule has 0 bridgehead atoms. The van der Waals surface area contributed by atoms with Crippen LogP contribution in [0.3, 0.4) is 0 Å². The Morgan fingerprint density at radius 2 is 1.89 bits per heavy atom. The van der Waals surface area contributed by atoms with E-state index in [1.54, 1.807) is 0 Å². The maximum Gasteiger partial charge on any atom is 0.245 e. The summed E-state index contributed by atoms with van der Waals surface area (Å²) in [6.45, 7) is 4.27. The monoisotopic (exact) mass is 287 g/mol. The summed E-state index contributed by atoms with van der Waals surface area (Å²) in [6, 6.07) is 0.609. The molecule has 3 heterocycles. The molecule has 0 spiro atoms. The van der Waals surface area contributed by atoms with Crippen LogP contribution in [0.1, 0.15) is 19.3 Å². The molecule has 1 aromatic rings. The Balaban J connectivity index is 1.84. The number of rotatable bonds is 1. The smallest absolute Gasteiger partial charge is 0.245 e. The van der Waals surface area contributed by atoms with Gasteiger partial charge in [-0.3, -0.25) is 4.90 Å². The summed E-state index contributed by atoms with van der Waals surface area (Å²) in [7, 11) is 0. The van der Waals surface area contributed by atoms with Crippen LogP contribution in [0.5, 0.6) is 0 Å². The van der Waals surface area contributed by atoms with E-state index in [2.05, 4.69) is 25.0 Å². The van der Waals surface area contributed by atoms with Crippen molar-refractivity contribution in [1.29, 1.82) is 0 Å². The number of halogens is 2. The topological polar surface area (TPSA) is 45.2 Å². The molecule has 0 saturated carbocycles. The maximum atomic E-state index is 6.08. The van der Waals surface area contributed by atoms with E-state index >= 15 is 0 Å². The highest BCUT2D eigenvalue weighted by molar-refractivity contribution is 6.32. The van der Waals surface area contributed by atoms with Gasteiger partial charge in [0.15, 0.2) is 11.0 Å². The van der Waals surface area contributed by atoms with Crippen LogP contribution in [0, 0.1) is 0 Å². The Morgan fingerprint density at radius 1 is 1.06 bits per heavy atom. The molecule has 0 aromatic carbocycles. The molecule has 0 radical (unpaired) electrons. The molecule has 1 aromatic heterocycles. The summed E-state index contributed by atoms with van der Waals surface area (Å²) < 4.78 is 0. The molecular formula is C11H15Cl2N5. The van der Waals surface area contributed by atoms with Crippen LogP contribution in [0.2, 0.25) is 10.4 Å². The minimum absolute atomic E-state index is 0.155. The van der Waals surface area contributed by atoms with E-state index in [-0.39, 0.29) is 5.28 Å². The molecule has 5 nitrogen and oxygen atoms in total. The molecular weight excluding hydrogens is 273 g/mol. The Labute approximate surface area is 116 Å². The highest BCUT2D eigenvalue weighted by atomic mass is 35.5. The molecule has 98 valence electrons. The van der Waals surface area contributed by atoms with Gasteiger partial charge < -0.3 is 4.90 Å². The first-order valence-corrected chi connectivity index (χ1v) is 7.04. The second-order valence-electron chi connectivity index (χ2n) is 4.83. The molecule has 1 unspecified atom stereocenters. The fourth-order valence-corrected chi connectivity index (χ4v) is 3.20. The number of aromatic nitrogens is 3. The lowest BCUT2D eigenvalue weighted by Crippen LogP contribution is -2.37. The zero-order valence-corrected chi connectivity index (χ0v) is 11.5. The Kier molecular flexibility index (Phi) is 3.54. The number of nitrogens with zero attached hydrogens (tertiary/aromatic N) is 5. The van der Waals surface area contributed by atoms with Crippen molar-refractivity contribution in [2.24, 2.45) is 0 Å². The van der Waals surface area contributed by atoms with Crippen molar-refractivity contribution >= 4 is 29.0 Å². The summed E-state index contributed by atoms with van der Waals surface area (Å²) in [4.78, 5) is 8.97. The molecule has 1 atom stereocenters. The largest absolute Gasteiger partial charge is 0.352 e. The molecule has 0 amide bonds. The van der Waals surface area contributed by atoms with E-state index in [1.807, 2.05) is 0 Å². The highest BCUT2D eigenvalue weighted by Gasteiger charge is 2.30. The predicted octanol–water partition coefficient (Wildman–Crippen LogP) is 1.85. The van der Waals surface area contributed by atoms with Gasteiger partial charge in [-0.05, 0) is 37.4 Å². The highest BCUT2D eigenvalue weighted by Crippen LogP contribution is 2.27. The van der Waals surface area contributed by atoms with Gasteiger partial charge in [0.2, 0.25) is 5.28 Å². The molecule has 0 N–H and O–H groups in total. The van der Waals surface area contributed by atoms with Gasteiger partial charge in [0, 0.05) is 25.7 Å². The quantitative estimate of drug-likeness (QED) is 0.789. The standard InChI is InChI=1S/C11H15Cl2N5/c12-9-10(14-11(13)16-15-9)18-6-2-5-17-4-1-3-8(17)7-18/h8H,1-7H2. The van der Waals surface area contributed by atoms with E-state index in [9.17, 15) is 0 Å². The maximum absolute atomic E-state index is 6.08. The van der Waals surface area contributed by atoms with Gasteiger partial charge >= 0.3 is 0 Å². The van der Waals surface area contributed by atoms with E-state index in [0.717, 1.165) is 26.1 Å². The number of hydrogen-bond acceptors (Lipinski definition) is 5. The van der Waals surface area contributed by atoms with Crippen molar-refractivity contribution in [2.45, 2.75) is 25.3 Å². The van der Waals surface area contributed by atoms with Crippen molar-refractivity contribution in [2.75, 3.05) is 31.1 Å². The molecule has 2 aliphatic rings. The lowest BCUT2D eigenvalue weighted by Gasteiger charge is -2.26. The molecule has 2 aliphatic heterocycles. The van der Waals surface area contributed by atoms with Crippen molar-refractivity contribution in [3.63, 3.8) is 0 Å². The van der Waals surface area contributed by atoms with E-state index in [0.29, 0.717) is 17.0 Å². The third-order valence-corrected chi connectivity index (χ3v) is 4.11. The van der Waals surface area contributed by atoms with Crippen LogP contribution >= 0.6 is 23.2 Å². The van der Waals surface area contributed by atoms with Crippen LogP contribution in [0.15, 0.2) is 0 Å². The molecule has 3 rings (SSSR count). The van der Waals surface area contributed by atoms with Gasteiger partial charge in [0.25, 0.3) is 0 Å². The summed E-state index contributed by atoms with van der Waals surface area (Å²) in [5.41, 5.74) is 0. The minimum Gasteiger partial charge on any atom is -0.352 e. The molecule has 2 fully saturated rings. The van der Waals surface area contributed by atoms with Gasteiger partial charge in [-0.15, -0.1) is 10.2 Å². The van der Waals surface area contributed by atoms with Crippen LogP contribution in [0.4, 0.5) is 5.82 Å². The lowest BCUT2D eigenvalue weighted by molar-refractivity contribution is 0.273. The predicted molar refractivity (Wildman–Crippen MR) is 71.3 cm³/mol. The zero-order valence-electron chi connectivity index (χ0n) is 10.0. The first-order valence-electron chi connectivity index (χ1n) is 6.29. The van der Waals surface area contributed by atoms with Crippen molar-refractivity contribution in [1.82, 2.24) is 20.1 Å². The van der Waals surface area contributed by atoms with Crippen LogP contribution < -0.4 is 4.90 Å². The van der Waals surface area contributed by atoms with Crippen LogP contribution in [-0.4, -0.2) is 52.3 Å². The normalized spacial score (nSPS) is 25.0. The number of anilines is 1. The van der Waals surface area contributed by atoms with Crippen molar-refractivity contribution in [3.8, 4) is 0 Å². The number of fused-ring (bicyclic) bond motifs is 1. The van der Waals surface area contributed by atoms with Crippen molar-refractivity contribution < 1.29 is 0 Å². The second-order valence-corrected chi connectivity index (χ2v) is 5.52.